The first-order valence-electron chi connectivity index (χ1n) is 10.6. The van der Waals surface area contributed by atoms with E-state index in [1.807, 2.05) is 35.7 Å². The van der Waals surface area contributed by atoms with Crippen LogP contribution in [0.2, 0.25) is 0 Å². The highest BCUT2D eigenvalue weighted by molar-refractivity contribution is 7.14. The van der Waals surface area contributed by atoms with Crippen molar-refractivity contribution in [2.75, 3.05) is 45.3 Å². The standard InChI is InChI=1S/C24H25N3O5S/c1-30-21-14-18(7-8-20(21)32-15-22(28)27-9-11-31-12-10-27)23(29)26-24-25-19(16-33-24)13-17-5-3-2-4-6-17/h2-8,14,16H,9-13,15H2,1H3,(H,25,26,29). The maximum atomic E-state index is 12.7. The Morgan fingerprint density at radius 2 is 1.91 bits per heavy atom. The van der Waals surface area contributed by atoms with Gasteiger partial charge in [-0.1, -0.05) is 30.3 Å². The van der Waals surface area contributed by atoms with Gasteiger partial charge in [-0.3, -0.25) is 14.9 Å². The van der Waals surface area contributed by atoms with Crippen LogP contribution >= 0.6 is 11.3 Å². The lowest BCUT2D eigenvalue weighted by molar-refractivity contribution is -0.137. The number of methoxy groups -OCH3 is 1. The highest BCUT2D eigenvalue weighted by Crippen LogP contribution is 2.29. The second-order valence-corrected chi connectivity index (χ2v) is 8.27. The van der Waals surface area contributed by atoms with E-state index in [-0.39, 0.29) is 18.4 Å². The summed E-state index contributed by atoms with van der Waals surface area (Å²) in [6, 6.07) is 14.9. The molecular formula is C24H25N3O5S. The Balaban J connectivity index is 1.35. The molecular weight excluding hydrogens is 442 g/mol. The highest BCUT2D eigenvalue weighted by Gasteiger charge is 2.19. The van der Waals surface area contributed by atoms with Crippen molar-refractivity contribution < 1.29 is 23.8 Å². The van der Waals surface area contributed by atoms with E-state index in [9.17, 15) is 9.59 Å². The molecule has 0 saturated carbocycles. The van der Waals surface area contributed by atoms with Gasteiger partial charge >= 0.3 is 0 Å². The number of rotatable bonds is 8. The van der Waals surface area contributed by atoms with E-state index < -0.39 is 0 Å². The Labute approximate surface area is 196 Å². The Bertz CT molecular complexity index is 1100. The fraction of sp³-hybridized carbons (Fsp3) is 0.292. The quantitative estimate of drug-likeness (QED) is 0.547. The number of nitrogens with zero attached hydrogens (tertiary/aromatic N) is 2. The zero-order valence-electron chi connectivity index (χ0n) is 18.3. The van der Waals surface area contributed by atoms with E-state index in [2.05, 4.69) is 10.3 Å². The van der Waals surface area contributed by atoms with Gasteiger partial charge in [0.2, 0.25) is 0 Å². The predicted octanol–water partition coefficient (Wildman–Crippen LogP) is 3.23. The number of morpholine rings is 1. The zero-order valence-corrected chi connectivity index (χ0v) is 19.1. The van der Waals surface area contributed by atoms with Crippen LogP contribution in [0.3, 0.4) is 0 Å². The molecule has 172 valence electrons. The summed E-state index contributed by atoms with van der Waals surface area (Å²) in [5.74, 6) is 0.360. The zero-order chi connectivity index (χ0) is 23.0. The lowest BCUT2D eigenvalue weighted by Gasteiger charge is -2.26. The molecule has 9 heteroatoms. The summed E-state index contributed by atoms with van der Waals surface area (Å²) in [7, 11) is 1.49. The third-order valence-electron chi connectivity index (χ3n) is 5.14. The fourth-order valence-electron chi connectivity index (χ4n) is 3.39. The number of carbonyl (C=O) groups excluding carboxylic acids is 2. The van der Waals surface area contributed by atoms with Crippen LogP contribution in [-0.4, -0.2) is 61.7 Å². The first kappa shape index (κ1) is 22.8. The van der Waals surface area contributed by atoms with Crippen LogP contribution in [0.25, 0.3) is 0 Å². The van der Waals surface area contributed by atoms with Gasteiger partial charge in [-0.2, -0.15) is 0 Å². The Kier molecular flexibility index (Phi) is 7.54. The second kappa shape index (κ2) is 10.9. The molecule has 2 heterocycles. The molecule has 0 radical (unpaired) electrons. The lowest BCUT2D eigenvalue weighted by atomic mass is 10.1. The molecule has 1 aliphatic rings. The minimum atomic E-state index is -0.301. The topological polar surface area (TPSA) is 90.0 Å². The van der Waals surface area contributed by atoms with E-state index >= 15 is 0 Å². The van der Waals surface area contributed by atoms with Crippen LogP contribution in [0, 0.1) is 0 Å². The molecule has 2 aromatic carbocycles. The summed E-state index contributed by atoms with van der Waals surface area (Å²) in [6.45, 7) is 2.08. The summed E-state index contributed by atoms with van der Waals surface area (Å²) in [5.41, 5.74) is 2.46. The first-order valence-corrected chi connectivity index (χ1v) is 11.5. The summed E-state index contributed by atoms with van der Waals surface area (Å²) < 4.78 is 16.3. The molecule has 1 fully saturated rings. The van der Waals surface area contributed by atoms with Gasteiger partial charge in [0.15, 0.2) is 23.2 Å². The molecule has 0 spiro atoms. The van der Waals surface area contributed by atoms with Crippen molar-refractivity contribution in [3.05, 3.63) is 70.7 Å². The molecule has 1 aliphatic heterocycles. The third-order valence-corrected chi connectivity index (χ3v) is 5.95. The number of carbonyl (C=O) groups is 2. The van der Waals surface area contributed by atoms with Gasteiger partial charge in [-0.15, -0.1) is 11.3 Å². The van der Waals surface area contributed by atoms with Crippen LogP contribution < -0.4 is 14.8 Å². The van der Waals surface area contributed by atoms with Gasteiger partial charge in [0.1, 0.15) is 0 Å². The van der Waals surface area contributed by atoms with E-state index in [1.165, 1.54) is 18.4 Å². The molecule has 8 nitrogen and oxygen atoms in total. The van der Waals surface area contributed by atoms with Crippen molar-refractivity contribution in [2.45, 2.75) is 6.42 Å². The van der Waals surface area contributed by atoms with Crippen LogP contribution in [0.15, 0.2) is 53.9 Å². The summed E-state index contributed by atoms with van der Waals surface area (Å²) >= 11 is 1.38. The molecule has 1 aromatic heterocycles. The number of benzene rings is 2. The Morgan fingerprint density at radius 1 is 1.12 bits per heavy atom. The highest BCUT2D eigenvalue weighted by atomic mass is 32.1. The smallest absolute Gasteiger partial charge is 0.260 e. The molecule has 0 bridgehead atoms. The number of hydrogen-bond acceptors (Lipinski definition) is 7. The van der Waals surface area contributed by atoms with Crippen molar-refractivity contribution in [3.63, 3.8) is 0 Å². The van der Waals surface area contributed by atoms with E-state index in [1.54, 1.807) is 23.1 Å². The minimum absolute atomic E-state index is 0.106. The number of anilines is 1. The monoisotopic (exact) mass is 467 g/mol. The van der Waals surface area contributed by atoms with Gasteiger partial charge in [0, 0.05) is 30.5 Å². The average molecular weight is 468 g/mol. The first-order chi connectivity index (χ1) is 16.1. The second-order valence-electron chi connectivity index (χ2n) is 7.41. The van der Waals surface area contributed by atoms with Gasteiger partial charge in [-0.25, -0.2) is 4.98 Å². The largest absolute Gasteiger partial charge is 0.493 e. The van der Waals surface area contributed by atoms with Crippen LogP contribution in [0.1, 0.15) is 21.6 Å². The van der Waals surface area contributed by atoms with Gasteiger partial charge in [0.25, 0.3) is 11.8 Å². The number of ether oxygens (including phenoxy) is 3. The maximum Gasteiger partial charge on any atom is 0.260 e. The van der Waals surface area contributed by atoms with Gasteiger partial charge in [-0.05, 0) is 23.8 Å². The Hall–Kier alpha value is -3.43. The summed E-state index contributed by atoms with van der Waals surface area (Å²) in [6.07, 6.45) is 0.705. The number of aromatic nitrogens is 1. The average Bonchev–Trinajstić information content (AvgIpc) is 3.30. The molecule has 0 atom stereocenters. The molecule has 0 aliphatic carbocycles. The number of hydrogen-bond donors (Lipinski definition) is 1. The molecule has 1 N–H and O–H groups in total. The molecule has 4 rings (SSSR count). The predicted molar refractivity (Wildman–Crippen MR) is 125 cm³/mol. The number of nitrogens with one attached hydrogen (secondary N) is 1. The van der Waals surface area contributed by atoms with Crippen LogP contribution in [0.5, 0.6) is 11.5 Å². The van der Waals surface area contributed by atoms with E-state index in [0.717, 1.165) is 11.3 Å². The maximum absolute atomic E-state index is 12.7. The van der Waals surface area contributed by atoms with Gasteiger partial charge < -0.3 is 19.1 Å². The Morgan fingerprint density at radius 3 is 2.67 bits per heavy atom. The van der Waals surface area contributed by atoms with E-state index in [4.69, 9.17) is 14.2 Å². The summed E-state index contributed by atoms with van der Waals surface area (Å²) in [5, 5.41) is 5.29. The SMILES string of the molecule is COc1cc(C(=O)Nc2nc(Cc3ccccc3)cs2)ccc1OCC(=O)N1CCOCC1. The van der Waals surface area contributed by atoms with Crippen molar-refractivity contribution >= 4 is 28.3 Å². The van der Waals surface area contributed by atoms with Crippen molar-refractivity contribution in [1.82, 2.24) is 9.88 Å². The molecule has 33 heavy (non-hydrogen) atoms. The summed E-state index contributed by atoms with van der Waals surface area (Å²) in [4.78, 5) is 31.2. The third kappa shape index (κ3) is 6.09. The molecule has 2 amide bonds. The van der Waals surface area contributed by atoms with Crippen LogP contribution in [0.4, 0.5) is 5.13 Å². The van der Waals surface area contributed by atoms with E-state index in [0.29, 0.717) is 54.9 Å². The lowest BCUT2D eigenvalue weighted by Crippen LogP contribution is -2.43. The van der Waals surface area contributed by atoms with Gasteiger partial charge in [0.05, 0.1) is 26.0 Å². The van der Waals surface area contributed by atoms with Crippen molar-refractivity contribution in [3.8, 4) is 11.5 Å². The number of thiazole rings is 1. The van der Waals surface area contributed by atoms with Crippen molar-refractivity contribution in [2.24, 2.45) is 0 Å². The molecule has 0 unspecified atom stereocenters. The number of amides is 2. The van der Waals surface area contributed by atoms with Crippen LogP contribution in [-0.2, 0) is 16.0 Å². The normalized spacial score (nSPS) is 13.4. The fourth-order valence-corrected chi connectivity index (χ4v) is 4.10. The molecule has 1 saturated heterocycles. The van der Waals surface area contributed by atoms with Crippen molar-refractivity contribution in [1.29, 1.82) is 0 Å². The molecule has 3 aromatic rings. The minimum Gasteiger partial charge on any atom is -0.493 e.